The van der Waals surface area contributed by atoms with Gasteiger partial charge in [0.05, 0.1) is 6.67 Å². The van der Waals surface area contributed by atoms with Gasteiger partial charge in [0.15, 0.2) is 0 Å². The van der Waals surface area contributed by atoms with Crippen LogP contribution < -0.4 is 0 Å². The third kappa shape index (κ3) is 3.54. The monoisotopic (exact) mass is 346 g/mol. The molecule has 0 atom stereocenters. The van der Waals surface area contributed by atoms with Gasteiger partial charge >= 0.3 is 23.9 Å². The quantitative estimate of drug-likeness (QED) is 0.690. The van der Waals surface area contributed by atoms with E-state index in [1.54, 1.807) is 0 Å². The molecule has 11 heteroatoms. The van der Waals surface area contributed by atoms with Crippen LogP contribution in [0.3, 0.4) is 0 Å². The Balaban J connectivity index is 0.00000441. The molecular formula is C11H15F9N2. The normalized spacial score (nSPS) is 17.0. The van der Waals surface area contributed by atoms with Gasteiger partial charge in [-0.1, -0.05) is 7.43 Å². The zero-order valence-electron chi connectivity index (χ0n) is 10.6. The Bertz CT molecular complexity index is 403. The fourth-order valence-electron chi connectivity index (χ4n) is 1.58. The molecule has 0 N–H and O–H groups in total. The molecule has 2 nitrogen and oxygen atoms in total. The molecule has 0 amide bonds. The van der Waals surface area contributed by atoms with Gasteiger partial charge in [0.2, 0.25) is 0 Å². The van der Waals surface area contributed by atoms with Crippen molar-refractivity contribution in [3.8, 4) is 0 Å². The fourth-order valence-corrected chi connectivity index (χ4v) is 1.58. The highest BCUT2D eigenvalue weighted by Crippen LogP contribution is 2.54. The second-order valence-electron chi connectivity index (χ2n) is 4.61. The summed E-state index contributed by atoms with van der Waals surface area (Å²) in [6.45, 7) is -0.755. The predicted octanol–water partition coefficient (Wildman–Crippen LogP) is 4.16. The van der Waals surface area contributed by atoms with E-state index in [4.69, 9.17) is 0 Å². The molecule has 0 saturated heterocycles. The van der Waals surface area contributed by atoms with Gasteiger partial charge in [0.1, 0.15) is 0 Å². The molecular weight excluding hydrogens is 331 g/mol. The van der Waals surface area contributed by atoms with Gasteiger partial charge in [0, 0.05) is 32.4 Å². The molecule has 1 rings (SSSR count). The van der Waals surface area contributed by atoms with E-state index in [1.807, 2.05) is 0 Å². The van der Waals surface area contributed by atoms with Crippen molar-refractivity contribution in [3.63, 3.8) is 0 Å². The zero-order chi connectivity index (χ0) is 16.7. The van der Waals surface area contributed by atoms with E-state index in [-0.39, 0.29) is 14.1 Å². The highest BCUT2D eigenvalue weighted by molar-refractivity contribution is 5.01. The van der Waals surface area contributed by atoms with Crippen molar-refractivity contribution in [2.24, 2.45) is 0 Å². The van der Waals surface area contributed by atoms with Crippen LogP contribution >= 0.6 is 0 Å². The maximum absolute atomic E-state index is 13.2. The first-order valence-corrected chi connectivity index (χ1v) is 5.55. The molecule has 0 saturated carbocycles. The van der Waals surface area contributed by atoms with Crippen molar-refractivity contribution in [1.82, 2.24) is 9.80 Å². The number of hydrogen-bond donors (Lipinski definition) is 0. The van der Waals surface area contributed by atoms with Gasteiger partial charge in [-0.15, -0.1) is 0 Å². The van der Waals surface area contributed by atoms with Gasteiger partial charge in [-0.05, 0) is 0 Å². The van der Waals surface area contributed by atoms with Gasteiger partial charge in [-0.2, -0.15) is 39.5 Å². The van der Waals surface area contributed by atoms with Crippen LogP contribution in [0.1, 0.15) is 13.8 Å². The van der Waals surface area contributed by atoms with Crippen LogP contribution in [0.4, 0.5) is 39.5 Å². The minimum Gasteiger partial charge on any atom is -0.362 e. The summed E-state index contributed by atoms with van der Waals surface area (Å²) in [5.74, 6) is -18.9. The highest BCUT2D eigenvalue weighted by Gasteiger charge is 2.81. The number of rotatable bonds is 5. The summed E-state index contributed by atoms with van der Waals surface area (Å²) in [6.07, 6.45) is -5.98. The largest absolute Gasteiger partial charge is 0.460 e. The Morgan fingerprint density at radius 3 is 1.73 bits per heavy atom. The van der Waals surface area contributed by atoms with E-state index in [1.165, 1.54) is 24.3 Å². The fraction of sp³-hybridized carbons (Fsp3) is 0.818. The molecule has 0 spiro atoms. The Morgan fingerprint density at radius 1 is 0.864 bits per heavy atom. The van der Waals surface area contributed by atoms with Crippen molar-refractivity contribution in [1.29, 1.82) is 0 Å². The Hall–Kier alpha value is -1.29. The Morgan fingerprint density at radius 2 is 1.36 bits per heavy atom. The second-order valence-corrected chi connectivity index (χ2v) is 4.61. The molecule has 0 aromatic heterocycles. The first-order valence-electron chi connectivity index (χ1n) is 5.55. The maximum Gasteiger partial charge on any atom is 0.460 e. The van der Waals surface area contributed by atoms with E-state index in [0.717, 1.165) is 4.90 Å². The van der Waals surface area contributed by atoms with Crippen LogP contribution in [0.5, 0.6) is 0 Å². The molecule has 1 heterocycles. The number of hydrogen-bond acceptors (Lipinski definition) is 2. The summed E-state index contributed by atoms with van der Waals surface area (Å²) in [5, 5.41) is 0. The molecule has 1 aliphatic rings. The van der Waals surface area contributed by atoms with Gasteiger partial charge in [-0.25, -0.2) is 0 Å². The standard InChI is InChI=1S/C10H11F9N2.CH4/c1-20-4-5-21(6-20)3-2-7(11,12)8(13,14)9(15,16)10(17,18)19;/h4-5H,2-3,6H2,1H3;1H4. The van der Waals surface area contributed by atoms with Crippen LogP contribution in [-0.4, -0.2) is 54.0 Å². The predicted molar refractivity (Wildman–Crippen MR) is 60.7 cm³/mol. The van der Waals surface area contributed by atoms with Crippen molar-refractivity contribution in [3.05, 3.63) is 12.4 Å². The molecule has 0 bridgehead atoms. The van der Waals surface area contributed by atoms with Crippen molar-refractivity contribution < 1.29 is 39.5 Å². The molecule has 22 heavy (non-hydrogen) atoms. The molecule has 0 aromatic carbocycles. The summed E-state index contributed by atoms with van der Waals surface area (Å²) in [5.41, 5.74) is 0. The average Bonchev–Trinajstić information content (AvgIpc) is 2.70. The molecule has 0 aromatic rings. The summed E-state index contributed by atoms with van der Waals surface area (Å²) in [7, 11) is 1.53. The lowest BCUT2D eigenvalue weighted by atomic mass is 10.0. The lowest BCUT2D eigenvalue weighted by Crippen LogP contribution is -2.61. The van der Waals surface area contributed by atoms with E-state index in [0.29, 0.717) is 0 Å². The molecule has 0 radical (unpaired) electrons. The first kappa shape index (κ1) is 20.7. The molecule has 132 valence electrons. The molecule has 0 aliphatic carbocycles. The van der Waals surface area contributed by atoms with E-state index in [2.05, 4.69) is 0 Å². The van der Waals surface area contributed by atoms with Crippen LogP contribution in [0.15, 0.2) is 12.4 Å². The second kappa shape index (κ2) is 6.07. The lowest BCUT2D eigenvalue weighted by Gasteiger charge is -2.34. The minimum absolute atomic E-state index is 0. The maximum atomic E-state index is 13.2. The van der Waals surface area contributed by atoms with E-state index in [9.17, 15) is 39.5 Å². The summed E-state index contributed by atoms with van der Waals surface area (Å²) < 4.78 is 113. The van der Waals surface area contributed by atoms with Crippen LogP contribution in [0.2, 0.25) is 0 Å². The van der Waals surface area contributed by atoms with Crippen LogP contribution in [-0.2, 0) is 0 Å². The van der Waals surface area contributed by atoms with Crippen molar-refractivity contribution in [2.45, 2.75) is 37.8 Å². The topological polar surface area (TPSA) is 6.48 Å². The van der Waals surface area contributed by atoms with Crippen molar-refractivity contribution >= 4 is 0 Å². The first-order chi connectivity index (χ1) is 9.22. The summed E-state index contributed by atoms with van der Waals surface area (Å²) >= 11 is 0. The van der Waals surface area contributed by atoms with E-state index >= 15 is 0 Å². The number of alkyl halides is 9. The van der Waals surface area contributed by atoms with Crippen LogP contribution in [0, 0.1) is 0 Å². The highest BCUT2D eigenvalue weighted by atomic mass is 19.4. The van der Waals surface area contributed by atoms with Gasteiger partial charge < -0.3 is 9.80 Å². The molecule has 0 fully saturated rings. The van der Waals surface area contributed by atoms with Gasteiger partial charge in [-0.3, -0.25) is 0 Å². The number of halogens is 9. The molecule has 0 unspecified atom stereocenters. The van der Waals surface area contributed by atoms with Gasteiger partial charge in [0.25, 0.3) is 0 Å². The number of nitrogens with zero attached hydrogens (tertiary/aromatic N) is 2. The lowest BCUT2D eigenvalue weighted by molar-refractivity contribution is -0.396. The summed E-state index contributed by atoms with van der Waals surface area (Å²) in [6, 6.07) is 0. The Kier molecular flexibility index (Phi) is 5.72. The minimum atomic E-state index is -6.82. The third-order valence-corrected chi connectivity index (χ3v) is 2.86. The van der Waals surface area contributed by atoms with Crippen LogP contribution in [0.25, 0.3) is 0 Å². The zero-order valence-corrected chi connectivity index (χ0v) is 10.6. The summed E-state index contributed by atoms with van der Waals surface area (Å²) in [4.78, 5) is 2.55. The Labute approximate surface area is 121 Å². The van der Waals surface area contributed by atoms with E-state index < -0.39 is 36.9 Å². The third-order valence-electron chi connectivity index (χ3n) is 2.86. The van der Waals surface area contributed by atoms with Crippen molar-refractivity contribution in [2.75, 3.05) is 20.3 Å². The smallest absolute Gasteiger partial charge is 0.362 e. The molecule has 1 aliphatic heterocycles. The SMILES string of the molecule is C.CN1C=CN(CCC(F)(F)C(F)(F)C(F)(F)C(F)(F)F)C1. The average molecular weight is 346 g/mol.